The van der Waals surface area contributed by atoms with Gasteiger partial charge in [-0.2, -0.15) is 0 Å². The lowest BCUT2D eigenvalue weighted by atomic mass is 10.1. The van der Waals surface area contributed by atoms with Gasteiger partial charge >= 0.3 is 0 Å². The molecule has 0 bridgehead atoms. The number of sulfone groups is 1. The van der Waals surface area contributed by atoms with Crippen LogP contribution in [0.4, 0.5) is 0 Å². The summed E-state index contributed by atoms with van der Waals surface area (Å²) in [4.78, 5) is 14.5. The van der Waals surface area contributed by atoms with E-state index in [1.54, 1.807) is 42.3 Å². The Morgan fingerprint density at radius 1 is 1.08 bits per heavy atom. The van der Waals surface area contributed by atoms with Gasteiger partial charge in [0.1, 0.15) is 5.58 Å². The normalized spacial score (nSPS) is 12.9. The zero-order valence-corrected chi connectivity index (χ0v) is 15.1. The average Bonchev–Trinajstić information content (AvgIpc) is 3.03. The van der Waals surface area contributed by atoms with Crippen molar-refractivity contribution in [3.8, 4) is 0 Å². The van der Waals surface area contributed by atoms with Crippen molar-refractivity contribution in [2.45, 2.75) is 17.9 Å². The molecule has 0 aliphatic heterocycles. The molecule has 1 aromatic heterocycles. The van der Waals surface area contributed by atoms with E-state index >= 15 is 0 Å². The van der Waals surface area contributed by atoms with Gasteiger partial charge in [0.05, 0.1) is 10.9 Å². The molecule has 1 amide bonds. The van der Waals surface area contributed by atoms with Crippen LogP contribution in [0.15, 0.2) is 63.9 Å². The Kier molecular flexibility index (Phi) is 4.39. The van der Waals surface area contributed by atoms with E-state index in [1.807, 2.05) is 31.2 Å². The zero-order valence-electron chi connectivity index (χ0n) is 14.3. The number of hydrogen-bond acceptors (Lipinski definition) is 4. The van der Waals surface area contributed by atoms with E-state index in [4.69, 9.17) is 4.42 Å². The van der Waals surface area contributed by atoms with Crippen LogP contribution in [0.5, 0.6) is 0 Å². The molecule has 0 radical (unpaired) electrons. The number of hydrogen-bond donors (Lipinski definition) is 0. The predicted octanol–water partition coefficient (Wildman–Crippen LogP) is 3.67. The number of nitrogens with zero attached hydrogens (tertiary/aromatic N) is 1. The SMILES string of the molecule is CC(c1ccc(S(C)(=O)=O)cc1)N(C)C(=O)c1cc2ccccc2o1. The third-order valence-corrected chi connectivity index (χ3v) is 5.46. The van der Waals surface area contributed by atoms with Crippen molar-refractivity contribution in [3.05, 3.63) is 65.9 Å². The maximum atomic E-state index is 12.7. The van der Waals surface area contributed by atoms with Gasteiger partial charge in [0, 0.05) is 18.7 Å². The molecule has 130 valence electrons. The molecule has 1 heterocycles. The fourth-order valence-electron chi connectivity index (χ4n) is 2.65. The molecule has 0 saturated carbocycles. The predicted molar refractivity (Wildman–Crippen MR) is 96.3 cm³/mol. The summed E-state index contributed by atoms with van der Waals surface area (Å²) in [5.74, 6) is 0.0548. The average molecular weight is 357 g/mol. The highest BCUT2D eigenvalue weighted by atomic mass is 32.2. The number of fused-ring (bicyclic) bond motifs is 1. The van der Waals surface area contributed by atoms with Crippen molar-refractivity contribution in [1.82, 2.24) is 4.90 Å². The van der Waals surface area contributed by atoms with Crippen LogP contribution in [0, 0.1) is 0 Å². The van der Waals surface area contributed by atoms with Crippen molar-refractivity contribution in [2.24, 2.45) is 0 Å². The van der Waals surface area contributed by atoms with Crippen LogP contribution in [-0.4, -0.2) is 32.5 Å². The lowest BCUT2D eigenvalue weighted by Crippen LogP contribution is -2.29. The monoisotopic (exact) mass is 357 g/mol. The number of amides is 1. The molecular formula is C19H19NO4S. The molecule has 5 nitrogen and oxygen atoms in total. The first kappa shape index (κ1) is 17.2. The number of rotatable bonds is 4. The van der Waals surface area contributed by atoms with Crippen LogP contribution in [0.3, 0.4) is 0 Å². The third-order valence-electron chi connectivity index (χ3n) is 4.33. The van der Waals surface area contributed by atoms with Crippen molar-refractivity contribution >= 4 is 26.7 Å². The summed E-state index contributed by atoms with van der Waals surface area (Å²) in [6.45, 7) is 1.88. The van der Waals surface area contributed by atoms with Gasteiger partial charge in [0.25, 0.3) is 5.91 Å². The van der Waals surface area contributed by atoms with Gasteiger partial charge in [-0.05, 0) is 36.8 Å². The molecule has 25 heavy (non-hydrogen) atoms. The van der Waals surface area contributed by atoms with Gasteiger partial charge in [-0.1, -0.05) is 30.3 Å². The minimum Gasteiger partial charge on any atom is -0.451 e. The lowest BCUT2D eigenvalue weighted by Gasteiger charge is -2.24. The van der Waals surface area contributed by atoms with E-state index in [9.17, 15) is 13.2 Å². The molecule has 1 atom stereocenters. The fraction of sp³-hybridized carbons (Fsp3) is 0.211. The molecule has 0 saturated heterocycles. The summed E-state index contributed by atoms with van der Waals surface area (Å²) in [6.07, 6.45) is 1.17. The van der Waals surface area contributed by atoms with Crippen LogP contribution in [0.2, 0.25) is 0 Å². The van der Waals surface area contributed by atoms with Gasteiger partial charge in [-0.15, -0.1) is 0 Å². The first-order valence-corrected chi connectivity index (χ1v) is 9.72. The molecular weight excluding hydrogens is 338 g/mol. The number of para-hydroxylation sites is 1. The minimum absolute atomic E-state index is 0.226. The summed E-state index contributed by atoms with van der Waals surface area (Å²) in [7, 11) is -1.54. The van der Waals surface area contributed by atoms with E-state index in [1.165, 1.54) is 6.26 Å². The van der Waals surface area contributed by atoms with Gasteiger partial charge in [-0.25, -0.2) is 8.42 Å². The van der Waals surface area contributed by atoms with E-state index in [2.05, 4.69) is 0 Å². The van der Waals surface area contributed by atoms with E-state index in [0.717, 1.165) is 10.9 Å². The minimum atomic E-state index is -3.24. The Labute approximate surface area is 146 Å². The number of carbonyl (C=O) groups is 1. The Hall–Kier alpha value is -2.60. The zero-order chi connectivity index (χ0) is 18.2. The van der Waals surface area contributed by atoms with Crippen LogP contribution in [-0.2, 0) is 9.84 Å². The van der Waals surface area contributed by atoms with Gasteiger partial charge in [0.2, 0.25) is 0 Å². The van der Waals surface area contributed by atoms with Crippen molar-refractivity contribution in [3.63, 3.8) is 0 Å². The third kappa shape index (κ3) is 3.44. The van der Waals surface area contributed by atoms with Crippen LogP contribution >= 0.6 is 0 Å². The topological polar surface area (TPSA) is 67.6 Å². The molecule has 0 spiro atoms. The van der Waals surface area contributed by atoms with E-state index in [0.29, 0.717) is 5.58 Å². The molecule has 0 aliphatic carbocycles. The number of benzene rings is 2. The second-order valence-electron chi connectivity index (χ2n) is 6.08. The Morgan fingerprint density at radius 2 is 1.72 bits per heavy atom. The number of carbonyl (C=O) groups excluding carboxylic acids is 1. The summed E-state index contributed by atoms with van der Waals surface area (Å²) in [5, 5.41) is 0.879. The molecule has 0 aliphatic rings. The second kappa shape index (κ2) is 6.37. The summed E-state index contributed by atoms with van der Waals surface area (Å²) in [5.41, 5.74) is 1.52. The summed E-state index contributed by atoms with van der Waals surface area (Å²) in [6, 6.07) is 15.5. The van der Waals surface area contributed by atoms with Crippen molar-refractivity contribution in [2.75, 3.05) is 13.3 Å². The smallest absolute Gasteiger partial charge is 0.289 e. The molecule has 0 N–H and O–H groups in total. The van der Waals surface area contributed by atoms with Crippen molar-refractivity contribution in [1.29, 1.82) is 0 Å². The fourth-order valence-corrected chi connectivity index (χ4v) is 3.28. The molecule has 6 heteroatoms. The highest BCUT2D eigenvalue weighted by Crippen LogP contribution is 2.25. The van der Waals surface area contributed by atoms with E-state index < -0.39 is 9.84 Å². The summed E-state index contributed by atoms with van der Waals surface area (Å²) < 4.78 is 28.7. The lowest BCUT2D eigenvalue weighted by molar-refractivity contribution is 0.0713. The standard InChI is InChI=1S/C19H19NO4S/c1-13(14-8-10-16(11-9-14)25(3,22)23)20(2)19(21)18-12-15-6-4-5-7-17(15)24-18/h4-13H,1-3H3. The largest absolute Gasteiger partial charge is 0.451 e. The first-order chi connectivity index (χ1) is 11.8. The maximum absolute atomic E-state index is 12.7. The molecule has 1 unspecified atom stereocenters. The number of furan rings is 1. The molecule has 0 fully saturated rings. The highest BCUT2D eigenvalue weighted by Gasteiger charge is 2.22. The Morgan fingerprint density at radius 3 is 2.32 bits per heavy atom. The quantitative estimate of drug-likeness (QED) is 0.714. The van der Waals surface area contributed by atoms with Gasteiger partial charge in [-0.3, -0.25) is 4.79 Å². The summed E-state index contributed by atoms with van der Waals surface area (Å²) >= 11 is 0. The molecule has 3 aromatic rings. The molecule has 3 rings (SSSR count). The van der Waals surface area contributed by atoms with Crippen LogP contribution < -0.4 is 0 Å². The van der Waals surface area contributed by atoms with Crippen LogP contribution in [0.25, 0.3) is 11.0 Å². The van der Waals surface area contributed by atoms with Crippen molar-refractivity contribution < 1.29 is 17.6 Å². The Bertz CT molecular complexity index is 986. The first-order valence-electron chi connectivity index (χ1n) is 7.83. The van der Waals surface area contributed by atoms with Crippen LogP contribution in [0.1, 0.15) is 29.1 Å². The Balaban J connectivity index is 1.83. The van der Waals surface area contributed by atoms with E-state index in [-0.39, 0.29) is 22.6 Å². The highest BCUT2D eigenvalue weighted by molar-refractivity contribution is 7.90. The second-order valence-corrected chi connectivity index (χ2v) is 8.10. The maximum Gasteiger partial charge on any atom is 0.289 e. The van der Waals surface area contributed by atoms with Gasteiger partial charge < -0.3 is 9.32 Å². The molecule has 2 aromatic carbocycles. The van der Waals surface area contributed by atoms with Gasteiger partial charge in [0.15, 0.2) is 15.6 Å².